The fourth-order valence-electron chi connectivity index (χ4n) is 2.67. The van der Waals surface area contributed by atoms with Gasteiger partial charge >= 0.3 is 5.69 Å². The molecule has 0 bridgehead atoms. The second-order valence-electron chi connectivity index (χ2n) is 4.82. The second-order valence-corrected chi connectivity index (χ2v) is 4.82. The lowest BCUT2D eigenvalue weighted by molar-refractivity contribution is 0.310. The van der Waals surface area contributed by atoms with Crippen LogP contribution in [0.3, 0.4) is 0 Å². The maximum atomic E-state index is 11.9. The third kappa shape index (κ3) is 2.22. The van der Waals surface area contributed by atoms with Gasteiger partial charge in [-0.2, -0.15) is 0 Å². The Bertz CT molecular complexity index is 804. The molecule has 0 unspecified atom stereocenters. The van der Waals surface area contributed by atoms with Gasteiger partial charge in [0.15, 0.2) is 11.5 Å². The highest BCUT2D eigenvalue weighted by atomic mass is 16.5. The van der Waals surface area contributed by atoms with Crippen LogP contribution in [0.25, 0.3) is 11.3 Å². The first-order chi connectivity index (χ1) is 10.1. The molecule has 0 atom stereocenters. The molecule has 6 heteroatoms. The van der Waals surface area contributed by atoms with E-state index in [1.54, 1.807) is 11.7 Å². The van der Waals surface area contributed by atoms with E-state index in [2.05, 4.69) is 4.98 Å². The highest BCUT2D eigenvalue weighted by Crippen LogP contribution is 2.37. The number of nitrogens with zero attached hydrogens (tertiary/aromatic N) is 1. The van der Waals surface area contributed by atoms with Crippen molar-refractivity contribution in [2.75, 3.05) is 13.7 Å². The summed E-state index contributed by atoms with van der Waals surface area (Å²) in [7, 11) is 1.57. The first-order valence-corrected chi connectivity index (χ1v) is 6.82. The summed E-state index contributed by atoms with van der Waals surface area (Å²) in [6, 6.07) is 5.19. The van der Waals surface area contributed by atoms with Crippen molar-refractivity contribution >= 4 is 0 Å². The first-order valence-electron chi connectivity index (χ1n) is 6.82. The molecule has 0 saturated carbocycles. The predicted octanol–water partition coefficient (Wildman–Crippen LogP) is 1.17. The fraction of sp³-hybridized carbons (Fsp3) is 0.333. The number of aryl methyl sites for hydroxylation is 1. The highest BCUT2D eigenvalue weighted by molar-refractivity contribution is 5.69. The third-order valence-electron chi connectivity index (χ3n) is 3.60. The maximum Gasteiger partial charge on any atom is 0.328 e. The number of aromatic nitrogens is 2. The smallest absolute Gasteiger partial charge is 0.328 e. The Morgan fingerprint density at radius 3 is 2.76 bits per heavy atom. The SMILES string of the molecule is CCOc1cc2c(cc1OC)-c1cc(=O)[nH]c(=O)n1CC2. The molecule has 0 saturated heterocycles. The fourth-order valence-corrected chi connectivity index (χ4v) is 2.67. The summed E-state index contributed by atoms with van der Waals surface area (Å²) in [5.74, 6) is 1.27. The Morgan fingerprint density at radius 2 is 2.05 bits per heavy atom. The molecular weight excluding hydrogens is 272 g/mol. The first kappa shape index (κ1) is 13.5. The minimum atomic E-state index is -0.396. The highest BCUT2D eigenvalue weighted by Gasteiger charge is 2.20. The van der Waals surface area contributed by atoms with Crippen molar-refractivity contribution in [1.82, 2.24) is 9.55 Å². The van der Waals surface area contributed by atoms with Gasteiger partial charge in [0.1, 0.15) is 0 Å². The average Bonchev–Trinajstić information content (AvgIpc) is 2.46. The van der Waals surface area contributed by atoms with E-state index in [9.17, 15) is 9.59 Å². The second kappa shape index (κ2) is 5.12. The molecule has 6 nitrogen and oxygen atoms in total. The minimum absolute atomic E-state index is 0.379. The van der Waals surface area contributed by atoms with Crippen LogP contribution in [0, 0.1) is 0 Å². The molecule has 3 rings (SSSR count). The molecule has 0 aliphatic carbocycles. The third-order valence-corrected chi connectivity index (χ3v) is 3.60. The Morgan fingerprint density at radius 1 is 1.24 bits per heavy atom. The Hall–Kier alpha value is -2.50. The molecule has 1 aliphatic heterocycles. The van der Waals surface area contributed by atoms with Gasteiger partial charge in [-0.3, -0.25) is 14.3 Å². The van der Waals surface area contributed by atoms with Gasteiger partial charge in [0.2, 0.25) is 0 Å². The minimum Gasteiger partial charge on any atom is -0.493 e. The number of ether oxygens (including phenoxy) is 2. The van der Waals surface area contributed by atoms with E-state index in [-0.39, 0.29) is 5.69 Å². The van der Waals surface area contributed by atoms with Gasteiger partial charge in [0.05, 0.1) is 19.4 Å². The normalized spacial score (nSPS) is 12.5. The van der Waals surface area contributed by atoms with E-state index in [0.29, 0.717) is 36.8 Å². The summed E-state index contributed by atoms with van der Waals surface area (Å²) in [5, 5.41) is 0. The molecule has 21 heavy (non-hydrogen) atoms. The van der Waals surface area contributed by atoms with Crippen LogP contribution < -0.4 is 20.7 Å². The molecule has 1 N–H and O–H groups in total. The Kier molecular flexibility index (Phi) is 3.29. The molecule has 1 aliphatic rings. The van der Waals surface area contributed by atoms with Crippen molar-refractivity contribution in [2.24, 2.45) is 0 Å². The number of hydrogen-bond donors (Lipinski definition) is 1. The van der Waals surface area contributed by atoms with E-state index in [0.717, 1.165) is 11.1 Å². The van der Waals surface area contributed by atoms with Crippen LogP contribution in [0.4, 0.5) is 0 Å². The summed E-state index contributed by atoms with van der Waals surface area (Å²) in [6.07, 6.45) is 0.707. The summed E-state index contributed by atoms with van der Waals surface area (Å²) in [6.45, 7) is 2.99. The van der Waals surface area contributed by atoms with Crippen LogP contribution in [0.2, 0.25) is 0 Å². The van der Waals surface area contributed by atoms with E-state index >= 15 is 0 Å². The van der Waals surface area contributed by atoms with Gasteiger partial charge in [0, 0.05) is 18.2 Å². The van der Waals surface area contributed by atoms with Crippen LogP contribution in [-0.4, -0.2) is 23.3 Å². The van der Waals surface area contributed by atoms with Crippen molar-refractivity contribution in [2.45, 2.75) is 19.9 Å². The predicted molar refractivity (Wildman–Crippen MR) is 78.2 cm³/mol. The summed E-state index contributed by atoms with van der Waals surface area (Å²) in [5.41, 5.74) is 1.73. The van der Waals surface area contributed by atoms with Crippen molar-refractivity contribution in [3.8, 4) is 22.8 Å². The van der Waals surface area contributed by atoms with Crippen molar-refractivity contribution in [1.29, 1.82) is 0 Å². The van der Waals surface area contributed by atoms with Crippen LogP contribution in [-0.2, 0) is 13.0 Å². The maximum absolute atomic E-state index is 11.9. The van der Waals surface area contributed by atoms with Crippen LogP contribution in [0.5, 0.6) is 11.5 Å². The van der Waals surface area contributed by atoms with E-state index in [4.69, 9.17) is 9.47 Å². The zero-order valence-electron chi connectivity index (χ0n) is 11.9. The number of benzene rings is 1. The van der Waals surface area contributed by atoms with Crippen LogP contribution >= 0.6 is 0 Å². The topological polar surface area (TPSA) is 73.3 Å². The number of aromatic amines is 1. The van der Waals surface area contributed by atoms with Gasteiger partial charge < -0.3 is 9.47 Å². The number of nitrogens with one attached hydrogen (secondary N) is 1. The van der Waals surface area contributed by atoms with Crippen molar-refractivity contribution in [3.63, 3.8) is 0 Å². The average molecular weight is 288 g/mol. The van der Waals surface area contributed by atoms with E-state index in [1.165, 1.54) is 6.07 Å². The number of methoxy groups -OCH3 is 1. The number of fused-ring (bicyclic) bond motifs is 3. The summed E-state index contributed by atoms with van der Waals surface area (Å²) >= 11 is 0. The quantitative estimate of drug-likeness (QED) is 0.920. The number of H-pyrrole nitrogens is 1. The monoisotopic (exact) mass is 288 g/mol. The van der Waals surface area contributed by atoms with Gasteiger partial charge in [-0.25, -0.2) is 4.79 Å². The Labute approximate surface area is 121 Å². The van der Waals surface area contributed by atoms with Crippen LogP contribution in [0.15, 0.2) is 27.8 Å². The zero-order chi connectivity index (χ0) is 15.0. The molecule has 2 heterocycles. The molecule has 110 valence electrons. The number of hydrogen-bond acceptors (Lipinski definition) is 4. The zero-order valence-corrected chi connectivity index (χ0v) is 11.9. The van der Waals surface area contributed by atoms with E-state index in [1.807, 2.05) is 19.1 Å². The van der Waals surface area contributed by atoms with Crippen molar-refractivity contribution < 1.29 is 9.47 Å². The van der Waals surface area contributed by atoms with Gasteiger partial charge in [-0.15, -0.1) is 0 Å². The van der Waals surface area contributed by atoms with Gasteiger partial charge in [0.25, 0.3) is 5.56 Å². The molecule has 0 spiro atoms. The standard InChI is InChI=1S/C15H16N2O4/c1-3-21-13-6-9-4-5-17-11(8-14(18)16-15(17)19)10(9)7-12(13)20-2/h6-8H,3-5H2,1-2H3,(H,16,18,19). The molecule has 1 aromatic heterocycles. The lowest BCUT2D eigenvalue weighted by Gasteiger charge is -2.22. The lowest BCUT2D eigenvalue weighted by atomic mass is 9.97. The Balaban J connectivity index is 2.25. The molecule has 2 aromatic rings. The van der Waals surface area contributed by atoms with Gasteiger partial charge in [-0.05, 0) is 31.0 Å². The lowest BCUT2D eigenvalue weighted by Crippen LogP contribution is -2.33. The van der Waals surface area contributed by atoms with E-state index < -0.39 is 5.56 Å². The summed E-state index contributed by atoms with van der Waals surface area (Å²) < 4.78 is 12.5. The molecule has 0 fully saturated rings. The summed E-state index contributed by atoms with van der Waals surface area (Å²) in [4.78, 5) is 25.7. The van der Waals surface area contributed by atoms with Crippen LogP contribution in [0.1, 0.15) is 12.5 Å². The molecule has 0 radical (unpaired) electrons. The number of rotatable bonds is 3. The largest absolute Gasteiger partial charge is 0.493 e. The molecule has 1 aromatic carbocycles. The molecular formula is C15H16N2O4. The van der Waals surface area contributed by atoms with Crippen molar-refractivity contribution in [3.05, 3.63) is 44.6 Å². The molecule has 0 amide bonds. The van der Waals surface area contributed by atoms with Gasteiger partial charge in [-0.1, -0.05) is 0 Å².